The summed E-state index contributed by atoms with van der Waals surface area (Å²) in [6, 6.07) is 16.1. The molecule has 0 bridgehead atoms. The highest BCUT2D eigenvalue weighted by Crippen LogP contribution is 2.26. The largest absolute Gasteiger partial charge is 0.497 e. The van der Waals surface area contributed by atoms with Crippen LogP contribution in [0.15, 0.2) is 48.5 Å². The molecule has 3 aromatic rings. The van der Waals surface area contributed by atoms with Gasteiger partial charge in [-0.3, -0.25) is 4.79 Å². The zero-order valence-corrected chi connectivity index (χ0v) is 16.6. The van der Waals surface area contributed by atoms with E-state index in [0.717, 1.165) is 29.7 Å². The van der Waals surface area contributed by atoms with Crippen molar-refractivity contribution >= 4 is 22.5 Å². The van der Waals surface area contributed by atoms with E-state index in [1.165, 1.54) is 30.5 Å². The number of H-pyrrole nitrogens is 1. The molecule has 1 N–H and O–H groups in total. The molecular formula is C23H27N3O2. The van der Waals surface area contributed by atoms with Crippen LogP contribution in [0.4, 0.5) is 5.69 Å². The summed E-state index contributed by atoms with van der Waals surface area (Å²) in [6.07, 6.45) is 3.78. The fourth-order valence-corrected chi connectivity index (χ4v) is 3.97. The van der Waals surface area contributed by atoms with E-state index in [9.17, 15) is 4.79 Å². The van der Waals surface area contributed by atoms with Gasteiger partial charge in [0.2, 0.25) is 0 Å². The molecule has 0 radical (unpaired) electrons. The van der Waals surface area contributed by atoms with Crippen molar-refractivity contribution in [2.24, 2.45) is 0 Å². The number of para-hydroxylation sites is 1. The van der Waals surface area contributed by atoms with E-state index >= 15 is 0 Å². The Hall–Kier alpha value is -2.95. The fraction of sp³-hybridized carbons (Fsp3) is 0.348. The van der Waals surface area contributed by atoms with Gasteiger partial charge in [-0.15, -0.1) is 0 Å². The Balaban J connectivity index is 1.54. The molecule has 146 valence electrons. The molecule has 0 saturated carbocycles. The summed E-state index contributed by atoms with van der Waals surface area (Å²) in [7, 11) is 3.51. The topological polar surface area (TPSA) is 48.6 Å². The summed E-state index contributed by atoms with van der Waals surface area (Å²) in [5.41, 5.74) is 3.95. The maximum absolute atomic E-state index is 13.0. The maximum atomic E-state index is 13.0. The third kappa shape index (κ3) is 3.70. The zero-order chi connectivity index (χ0) is 19.5. The van der Waals surface area contributed by atoms with Crippen LogP contribution in [0.25, 0.3) is 10.9 Å². The normalized spacial score (nSPS) is 14.3. The summed E-state index contributed by atoms with van der Waals surface area (Å²) in [4.78, 5) is 20.5. The minimum Gasteiger partial charge on any atom is -0.497 e. The molecular weight excluding hydrogens is 350 g/mol. The second kappa shape index (κ2) is 7.97. The number of benzene rings is 2. The molecule has 4 rings (SSSR count). The van der Waals surface area contributed by atoms with Crippen LogP contribution in [0.5, 0.6) is 5.75 Å². The Bertz CT molecular complexity index is 973. The van der Waals surface area contributed by atoms with Gasteiger partial charge in [0.25, 0.3) is 5.91 Å². The van der Waals surface area contributed by atoms with E-state index in [-0.39, 0.29) is 5.91 Å². The van der Waals surface area contributed by atoms with Crippen LogP contribution in [0.3, 0.4) is 0 Å². The number of rotatable bonds is 5. The number of ether oxygens (including phenoxy) is 1. The number of hydrogen-bond acceptors (Lipinski definition) is 3. The molecule has 1 aliphatic heterocycles. The highest BCUT2D eigenvalue weighted by atomic mass is 16.5. The van der Waals surface area contributed by atoms with E-state index in [0.29, 0.717) is 12.2 Å². The van der Waals surface area contributed by atoms with E-state index in [1.54, 1.807) is 12.0 Å². The van der Waals surface area contributed by atoms with E-state index in [4.69, 9.17) is 4.74 Å². The maximum Gasteiger partial charge on any atom is 0.270 e. The quantitative estimate of drug-likeness (QED) is 0.715. The van der Waals surface area contributed by atoms with Crippen molar-refractivity contribution in [2.75, 3.05) is 32.1 Å². The van der Waals surface area contributed by atoms with Gasteiger partial charge in [-0.1, -0.05) is 18.2 Å². The molecule has 28 heavy (non-hydrogen) atoms. The lowest BCUT2D eigenvalue weighted by molar-refractivity contribution is 0.0780. The molecule has 0 spiro atoms. The number of fused-ring (bicyclic) bond motifs is 1. The third-order valence-electron chi connectivity index (χ3n) is 5.50. The standard InChI is InChI=1S/C23H27N3O2/c1-25(16-18-8-4-5-9-22(18)26-12-6-3-7-13-26)23(27)21-14-17-10-11-19(28-2)15-20(17)24-21/h4-5,8-11,14-15,24H,3,6-7,12-13,16H2,1-2H3. The number of hydrogen-bond donors (Lipinski definition) is 1. The lowest BCUT2D eigenvalue weighted by Crippen LogP contribution is -2.32. The first-order valence-corrected chi connectivity index (χ1v) is 9.91. The molecule has 5 nitrogen and oxygen atoms in total. The van der Waals surface area contributed by atoms with Crippen LogP contribution in [-0.4, -0.2) is 43.0 Å². The second-order valence-corrected chi connectivity index (χ2v) is 7.47. The molecule has 2 aromatic carbocycles. The number of methoxy groups -OCH3 is 1. The Morgan fingerprint density at radius 2 is 1.89 bits per heavy atom. The predicted molar refractivity (Wildman–Crippen MR) is 113 cm³/mol. The van der Waals surface area contributed by atoms with Gasteiger partial charge in [-0.05, 0) is 49.1 Å². The predicted octanol–water partition coefficient (Wildman–Crippen LogP) is 4.44. The molecule has 1 aliphatic rings. The monoisotopic (exact) mass is 377 g/mol. The van der Waals surface area contributed by atoms with Gasteiger partial charge in [0, 0.05) is 49.3 Å². The van der Waals surface area contributed by atoms with Crippen LogP contribution in [0.1, 0.15) is 35.3 Å². The number of carbonyl (C=O) groups excluding carboxylic acids is 1. The van der Waals surface area contributed by atoms with Crippen LogP contribution < -0.4 is 9.64 Å². The number of piperidine rings is 1. The van der Waals surface area contributed by atoms with Crippen molar-refractivity contribution in [1.29, 1.82) is 0 Å². The minimum atomic E-state index is -0.0105. The molecule has 1 aromatic heterocycles. The lowest BCUT2D eigenvalue weighted by Gasteiger charge is -2.31. The SMILES string of the molecule is COc1ccc2cc(C(=O)N(C)Cc3ccccc3N3CCCCC3)[nH]c2c1. The first kappa shape index (κ1) is 18.4. The smallest absolute Gasteiger partial charge is 0.270 e. The van der Waals surface area contributed by atoms with Crippen molar-refractivity contribution in [3.05, 3.63) is 59.8 Å². The summed E-state index contributed by atoms with van der Waals surface area (Å²) < 4.78 is 5.27. The Kier molecular flexibility index (Phi) is 5.24. The highest BCUT2D eigenvalue weighted by Gasteiger charge is 2.19. The summed E-state index contributed by atoms with van der Waals surface area (Å²) in [6.45, 7) is 2.78. The van der Waals surface area contributed by atoms with Gasteiger partial charge in [0.15, 0.2) is 0 Å². The third-order valence-corrected chi connectivity index (χ3v) is 5.50. The van der Waals surface area contributed by atoms with Gasteiger partial charge in [0.1, 0.15) is 11.4 Å². The molecule has 1 fully saturated rings. The first-order chi connectivity index (χ1) is 13.7. The number of carbonyl (C=O) groups is 1. The zero-order valence-electron chi connectivity index (χ0n) is 16.6. The molecule has 0 unspecified atom stereocenters. The average Bonchev–Trinajstić information content (AvgIpc) is 3.17. The Morgan fingerprint density at radius 3 is 2.68 bits per heavy atom. The van der Waals surface area contributed by atoms with Gasteiger partial charge < -0.3 is 19.5 Å². The van der Waals surface area contributed by atoms with Gasteiger partial charge in [-0.2, -0.15) is 0 Å². The van der Waals surface area contributed by atoms with Crippen molar-refractivity contribution in [3.8, 4) is 5.75 Å². The Morgan fingerprint density at radius 1 is 1.11 bits per heavy atom. The van der Waals surface area contributed by atoms with E-state index in [1.807, 2.05) is 31.3 Å². The van der Waals surface area contributed by atoms with Crippen LogP contribution >= 0.6 is 0 Å². The number of amides is 1. The molecule has 0 atom stereocenters. The van der Waals surface area contributed by atoms with Crippen molar-refractivity contribution in [3.63, 3.8) is 0 Å². The van der Waals surface area contributed by atoms with Crippen LogP contribution in [-0.2, 0) is 6.54 Å². The van der Waals surface area contributed by atoms with Crippen molar-refractivity contribution in [2.45, 2.75) is 25.8 Å². The van der Waals surface area contributed by atoms with Gasteiger partial charge in [0.05, 0.1) is 7.11 Å². The van der Waals surface area contributed by atoms with E-state index < -0.39 is 0 Å². The van der Waals surface area contributed by atoms with Gasteiger partial charge in [-0.25, -0.2) is 0 Å². The number of aromatic nitrogens is 1. The molecule has 0 aliphatic carbocycles. The lowest BCUT2D eigenvalue weighted by atomic mass is 10.1. The highest BCUT2D eigenvalue weighted by molar-refractivity contribution is 5.98. The molecule has 1 saturated heterocycles. The summed E-state index contributed by atoms with van der Waals surface area (Å²) >= 11 is 0. The van der Waals surface area contributed by atoms with Crippen molar-refractivity contribution in [1.82, 2.24) is 9.88 Å². The minimum absolute atomic E-state index is 0.0105. The van der Waals surface area contributed by atoms with E-state index in [2.05, 4.69) is 34.1 Å². The molecule has 5 heteroatoms. The number of nitrogens with one attached hydrogen (secondary N) is 1. The summed E-state index contributed by atoms with van der Waals surface area (Å²) in [5.74, 6) is 0.765. The second-order valence-electron chi connectivity index (χ2n) is 7.47. The van der Waals surface area contributed by atoms with Crippen molar-refractivity contribution < 1.29 is 9.53 Å². The van der Waals surface area contributed by atoms with Crippen LogP contribution in [0.2, 0.25) is 0 Å². The number of nitrogens with zero attached hydrogens (tertiary/aromatic N) is 2. The van der Waals surface area contributed by atoms with Gasteiger partial charge >= 0.3 is 0 Å². The summed E-state index contributed by atoms with van der Waals surface area (Å²) in [5, 5.41) is 1.01. The Labute approximate surface area is 165 Å². The average molecular weight is 377 g/mol. The molecule has 2 heterocycles. The fourth-order valence-electron chi connectivity index (χ4n) is 3.97. The molecule has 1 amide bonds. The first-order valence-electron chi connectivity index (χ1n) is 9.91. The number of aromatic amines is 1. The number of anilines is 1. The van der Waals surface area contributed by atoms with Crippen LogP contribution in [0, 0.1) is 0 Å².